The molecule has 1 amide bonds. The van der Waals surface area contributed by atoms with Crippen molar-refractivity contribution in [1.29, 1.82) is 0 Å². The zero-order chi connectivity index (χ0) is 22.8. The van der Waals surface area contributed by atoms with Gasteiger partial charge in [0.05, 0.1) is 28.0 Å². The number of aromatic nitrogens is 5. The number of nitrogens with one attached hydrogen (secondary N) is 1. The number of imidazole rings is 1. The predicted molar refractivity (Wildman–Crippen MR) is 131 cm³/mol. The van der Waals surface area contributed by atoms with Gasteiger partial charge < -0.3 is 10.2 Å². The minimum atomic E-state index is -0.113. The number of likely N-dealkylation sites (N-methyl/N-ethyl adjacent to an activating group) is 1. The maximum atomic E-state index is 13.0. The van der Waals surface area contributed by atoms with Gasteiger partial charge in [0.2, 0.25) is 0 Å². The Morgan fingerprint density at radius 1 is 1.18 bits per heavy atom. The summed E-state index contributed by atoms with van der Waals surface area (Å²) in [5.74, 6) is -0.113. The summed E-state index contributed by atoms with van der Waals surface area (Å²) in [6, 6.07) is 9.73. The van der Waals surface area contributed by atoms with E-state index < -0.39 is 0 Å². The maximum absolute atomic E-state index is 13.0. The molecule has 0 aliphatic carbocycles. The van der Waals surface area contributed by atoms with Crippen LogP contribution in [0.3, 0.4) is 0 Å². The van der Waals surface area contributed by atoms with Gasteiger partial charge in [-0.25, -0.2) is 14.5 Å². The van der Waals surface area contributed by atoms with Crippen molar-refractivity contribution in [1.82, 2.24) is 34.2 Å². The largest absolute Gasteiger partial charge is 0.351 e. The normalized spacial score (nSPS) is 11.6. The average Bonchev–Trinajstić information content (AvgIpc) is 3.61. The lowest BCUT2D eigenvalue weighted by Gasteiger charge is -2.18. The van der Waals surface area contributed by atoms with Gasteiger partial charge in [0.1, 0.15) is 5.65 Å². The number of amides is 1. The zero-order valence-electron chi connectivity index (χ0n) is 18.6. The van der Waals surface area contributed by atoms with Gasteiger partial charge in [-0.2, -0.15) is 5.10 Å². The number of thiophene rings is 1. The van der Waals surface area contributed by atoms with Gasteiger partial charge in [-0.3, -0.25) is 9.20 Å². The van der Waals surface area contributed by atoms with E-state index in [0.29, 0.717) is 17.8 Å². The first-order valence-corrected chi connectivity index (χ1v) is 11.9. The minimum Gasteiger partial charge on any atom is -0.351 e. The van der Waals surface area contributed by atoms with Crippen molar-refractivity contribution in [3.05, 3.63) is 66.1 Å². The summed E-state index contributed by atoms with van der Waals surface area (Å²) in [4.78, 5) is 25.6. The molecule has 0 aromatic carbocycles. The van der Waals surface area contributed by atoms with Crippen molar-refractivity contribution in [2.45, 2.75) is 13.8 Å². The second kappa shape index (κ2) is 9.13. The highest BCUT2D eigenvalue weighted by atomic mass is 32.1. The molecule has 0 spiro atoms. The number of fused-ring (bicyclic) bond motifs is 2. The van der Waals surface area contributed by atoms with Crippen LogP contribution in [0.1, 0.15) is 24.2 Å². The first-order valence-electron chi connectivity index (χ1n) is 11.0. The quantitative estimate of drug-likeness (QED) is 0.381. The summed E-state index contributed by atoms with van der Waals surface area (Å²) >= 11 is 1.65. The SMILES string of the molecule is CCN(CC)CCNC(=O)c1cc(-c2cnn3ccc(-c4cccs4)nc23)n2ccnc2c1. The Hall–Kier alpha value is -3.56. The number of carbonyl (C=O) groups excluding carboxylic acids is 1. The van der Waals surface area contributed by atoms with Crippen LogP contribution in [0.2, 0.25) is 0 Å². The number of pyridine rings is 1. The van der Waals surface area contributed by atoms with Crippen LogP contribution in [-0.2, 0) is 0 Å². The first kappa shape index (κ1) is 21.3. The summed E-state index contributed by atoms with van der Waals surface area (Å²) in [6.07, 6.45) is 7.32. The molecule has 1 N–H and O–H groups in total. The molecule has 0 aliphatic heterocycles. The number of nitrogens with zero attached hydrogens (tertiary/aromatic N) is 6. The molecule has 0 saturated carbocycles. The van der Waals surface area contributed by atoms with E-state index in [0.717, 1.165) is 47.1 Å². The maximum Gasteiger partial charge on any atom is 0.251 e. The Morgan fingerprint density at radius 2 is 2.06 bits per heavy atom. The minimum absolute atomic E-state index is 0.113. The zero-order valence-corrected chi connectivity index (χ0v) is 19.4. The summed E-state index contributed by atoms with van der Waals surface area (Å²) in [5, 5.41) is 9.57. The lowest BCUT2D eigenvalue weighted by atomic mass is 10.1. The molecule has 0 radical (unpaired) electrons. The molecule has 168 valence electrons. The third-order valence-electron chi connectivity index (χ3n) is 5.79. The van der Waals surface area contributed by atoms with Crippen molar-refractivity contribution in [2.24, 2.45) is 0 Å². The van der Waals surface area contributed by atoms with Crippen LogP contribution in [0, 0.1) is 0 Å². The van der Waals surface area contributed by atoms with E-state index in [1.54, 1.807) is 28.2 Å². The molecule has 0 bridgehead atoms. The number of carbonyl (C=O) groups is 1. The molecule has 5 heterocycles. The van der Waals surface area contributed by atoms with E-state index in [2.05, 4.69) is 40.2 Å². The standard InChI is InChI=1S/C24H25N7OS/c1-3-29(4-2)11-8-26-24(32)17-14-20(30-12-9-25-22(30)15-17)18-16-27-31-10-7-19(28-23(18)31)21-6-5-13-33-21/h5-7,9-10,12-16H,3-4,8,11H2,1-2H3,(H,26,32). The lowest BCUT2D eigenvalue weighted by molar-refractivity contribution is 0.0949. The third-order valence-corrected chi connectivity index (χ3v) is 6.69. The predicted octanol–water partition coefficient (Wildman–Crippen LogP) is 3.84. The molecule has 0 aliphatic rings. The fourth-order valence-electron chi connectivity index (χ4n) is 3.94. The van der Waals surface area contributed by atoms with Crippen molar-refractivity contribution < 1.29 is 4.79 Å². The highest BCUT2D eigenvalue weighted by molar-refractivity contribution is 7.13. The van der Waals surface area contributed by atoms with Gasteiger partial charge in [-0.05, 0) is 42.7 Å². The van der Waals surface area contributed by atoms with Crippen LogP contribution < -0.4 is 5.32 Å². The highest BCUT2D eigenvalue weighted by Crippen LogP contribution is 2.29. The summed E-state index contributed by atoms with van der Waals surface area (Å²) < 4.78 is 3.72. The smallest absolute Gasteiger partial charge is 0.251 e. The Bertz CT molecular complexity index is 1400. The number of hydrogen-bond acceptors (Lipinski definition) is 6. The monoisotopic (exact) mass is 459 g/mol. The fraction of sp³-hybridized carbons (Fsp3) is 0.250. The van der Waals surface area contributed by atoms with Crippen molar-refractivity contribution in [3.63, 3.8) is 0 Å². The van der Waals surface area contributed by atoms with E-state index >= 15 is 0 Å². The van der Waals surface area contributed by atoms with Crippen LogP contribution in [0.5, 0.6) is 0 Å². The van der Waals surface area contributed by atoms with Gasteiger partial charge >= 0.3 is 0 Å². The average molecular weight is 460 g/mol. The summed E-state index contributed by atoms with van der Waals surface area (Å²) in [5.41, 5.74) is 4.56. The van der Waals surface area contributed by atoms with Crippen molar-refractivity contribution in [2.75, 3.05) is 26.2 Å². The second-order valence-electron chi connectivity index (χ2n) is 7.68. The molecule has 5 aromatic rings. The first-order chi connectivity index (χ1) is 16.2. The van der Waals surface area contributed by atoms with Crippen LogP contribution in [0.15, 0.2) is 60.5 Å². The molecule has 0 saturated heterocycles. The number of hydrogen-bond donors (Lipinski definition) is 1. The van der Waals surface area contributed by atoms with Crippen LogP contribution in [0.25, 0.3) is 33.1 Å². The summed E-state index contributed by atoms with van der Waals surface area (Å²) in [7, 11) is 0. The Balaban J connectivity index is 1.52. The molecular weight excluding hydrogens is 434 g/mol. The second-order valence-corrected chi connectivity index (χ2v) is 8.63. The fourth-order valence-corrected chi connectivity index (χ4v) is 4.64. The highest BCUT2D eigenvalue weighted by Gasteiger charge is 2.17. The lowest BCUT2D eigenvalue weighted by Crippen LogP contribution is -2.34. The molecular formula is C24H25N7OS. The third kappa shape index (κ3) is 4.12. The Morgan fingerprint density at radius 3 is 2.85 bits per heavy atom. The molecule has 5 rings (SSSR count). The van der Waals surface area contributed by atoms with Gasteiger partial charge in [-0.15, -0.1) is 11.3 Å². The molecule has 0 unspecified atom stereocenters. The molecule has 0 atom stereocenters. The van der Waals surface area contributed by atoms with E-state index in [9.17, 15) is 4.79 Å². The molecule has 0 fully saturated rings. The molecule has 33 heavy (non-hydrogen) atoms. The van der Waals surface area contributed by atoms with E-state index in [1.807, 2.05) is 46.4 Å². The topological polar surface area (TPSA) is 79.8 Å². The van der Waals surface area contributed by atoms with Crippen LogP contribution in [-0.4, -0.2) is 61.0 Å². The molecule has 5 aromatic heterocycles. The van der Waals surface area contributed by atoms with Gasteiger partial charge in [0, 0.05) is 37.2 Å². The van der Waals surface area contributed by atoms with Gasteiger partial charge in [0.25, 0.3) is 5.91 Å². The Labute approximate surface area is 195 Å². The van der Waals surface area contributed by atoms with E-state index in [-0.39, 0.29) is 5.91 Å². The van der Waals surface area contributed by atoms with Crippen molar-refractivity contribution in [3.8, 4) is 21.8 Å². The molecule has 9 heteroatoms. The van der Waals surface area contributed by atoms with Crippen molar-refractivity contribution >= 4 is 28.5 Å². The van der Waals surface area contributed by atoms with Gasteiger partial charge in [0.15, 0.2) is 5.65 Å². The van der Waals surface area contributed by atoms with Gasteiger partial charge in [-0.1, -0.05) is 19.9 Å². The Kier molecular flexibility index (Phi) is 5.89. The molecule has 8 nitrogen and oxygen atoms in total. The van der Waals surface area contributed by atoms with E-state index in [4.69, 9.17) is 4.98 Å². The summed E-state index contributed by atoms with van der Waals surface area (Å²) in [6.45, 7) is 7.59. The van der Waals surface area contributed by atoms with Crippen LogP contribution in [0.4, 0.5) is 0 Å². The number of rotatable bonds is 8. The van der Waals surface area contributed by atoms with Crippen LogP contribution >= 0.6 is 11.3 Å². The van der Waals surface area contributed by atoms with E-state index in [1.165, 1.54) is 0 Å².